The zero-order valence-electron chi connectivity index (χ0n) is 13.2. The van der Waals surface area contributed by atoms with Gasteiger partial charge in [0, 0.05) is 0 Å². The van der Waals surface area contributed by atoms with Crippen molar-refractivity contribution in [2.24, 2.45) is 11.3 Å². The Bertz CT molecular complexity index is 447. The van der Waals surface area contributed by atoms with Crippen LogP contribution in [0.1, 0.15) is 33.3 Å². The van der Waals surface area contributed by atoms with Crippen LogP contribution in [0.15, 0.2) is 30.3 Å². The molecule has 1 aromatic carbocycles. The quantitative estimate of drug-likeness (QED) is 0.572. The Morgan fingerprint density at radius 2 is 1.48 bits per heavy atom. The molecule has 1 rings (SSSR count). The molecule has 116 valence electrons. The van der Waals surface area contributed by atoms with Crippen LogP contribution in [0.4, 0.5) is 0 Å². The van der Waals surface area contributed by atoms with Crippen molar-refractivity contribution in [1.29, 1.82) is 0 Å². The van der Waals surface area contributed by atoms with E-state index in [1.165, 1.54) is 0 Å². The van der Waals surface area contributed by atoms with Crippen LogP contribution in [0, 0.1) is 11.3 Å². The molecule has 0 atom stereocenters. The summed E-state index contributed by atoms with van der Waals surface area (Å²) in [5.74, 6) is -1.25. The van der Waals surface area contributed by atoms with Crippen LogP contribution in [0.5, 0.6) is 0 Å². The number of hydrogen-bond donors (Lipinski definition) is 0. The van der Waals surface area contributed by atoms with Gasteiger partial charge in [-0.15, -0.1) is 0 Å². The number of carbonyl (C=O) groups excluding carboxylic acids is 2. The molecule has 0 bridgehead atoms. The van der Waals surface area contributed by atoms with Crippen molar-refractivity contribution in [2.45, 2.75) is 34.1 Å². The minimum absolute atomic E-state index is 0.226. The van der Waals surface area contributed by atoms with Crippen molar-refractivity contribution >= 4 is 11.9 Å². The fraction of sp³-hybridized carbons (Fsp3) is 0.529. The van der Waals surface area contributed by atoms with Crippen molar-refractivity contribution in [3.8, 4) is 0 Å². The molecule has 0 unspecified atom stereocenters. The fourth-order valence-corrected chi connectivity index (χ4v) is 2.34. The van der Waals surface area contributed by atoms with Gasteiger partial charge in [-0.1, -0.05) is 44.2 Å². The van der Waals surface area contributed by atoms with Gasteiger partial charge in [-0.25, -0.2) is 0 Å². The van der Waals surface area contributed by atoms with E-state index < -0.39 is 17.4 Å². The highest BCUT2D eigenvalue weighted by Crippen LogP contribution is 2.35. The van der Waals surface area contributed by atoms with Crippen molar-refractivity contribution in [2.75, 3.05) is 13.2 Å². The third-order valence-electron chi connectivity index (χ3n) is 3.59. The van der Waals surface area contributed by atoms with Gasteiger partial charge >= 0.3 is 11.9 Å². The maximum atomic E-state index is 12.5. The lowest BCUT2D eigenvalue weighted by Crippen LogP contribution is -2.48. The minimum Gasteiger partial charge on any atom is -0.465 e. The molecule has 0 spiro atoms. The van der Waals surface area contributed by atoms with E-state index in [-0.39, 0.29) is 25.6 Å². The van der Waals surface area contributed by atoms with E-state index in [1.54, 1.807) is 13.8 Å². The minimum atomic E-state index is -1.30. The molecule has 0 aliphatic carbocycles. The summed E-state index contributed by atoms with van der Waals surface area (Å²) < 4.78 is 10.3. The summed E-state index contributed by atoms with van der Waals surface area (Å²) in [6.45, 7) is 7.63. The lowest BCUT2D eigenvalue weighted by molar-refractivity contribution is -0.176. The lowest BCUT2D eigenvalue weighted by atomic mass is 9.72. The average molecular weight is 292 g/mol. The van der Waals surface area contributed by atoms with E-state index in [4.69, 9.17) is 9.47 Å². The normalized spacial score (nSPS) is 11.3. The highest BCUT2D eigenvalue weighted by molar-refractivity contribution is 6.00. The molecule has 1 aromatic rings. The van der Waals surface area contributed by atoms with E-state index in [2.05, 4.69) is 0 Å². The smallest absolute Gasteiger partial charge is 0.324 e. The largest absolute Gasteiger partial charge is 0.465 e. The molecular formula is C17H24O4. The second kappa shape index (κ2) is 7.81. The van der Waals surface area contributed by atoms with Crippen LogP contribution < -0.4 is 0 Å². The number of benzene rings is 1. The molecule has 4 nitrogen and oxygen atoms in total. The first-order chi connectivity index (χ1) is 9.98. The third-order valence-corrected chi connectivity index (χ3v) is 3.59. The maximum Gasteiger partial charge on any atom is 0.324 e. The van der Waals surface area contributed by atoms with Gasteiger partial charge in [0.25, 0.3) is 0 Å². The molecule has 0 aliphatic rings. The molecule has 0 saturated heterocycles. The Kier molecular flexibility index (Phi) is 6.40. The first kappa shape index (κ1) is 17.2. The topological polar surface area (TPSA) is 52.6 Å². The van der Waals surface area contributed by atoms with Gasteiger partial charge in [-0.05, 0) is 31.7 Å². The predicted octanol–water partition coefficient (Wildman–Crippen LogP) is 3.00. The summed E-state index contributed by atoms with van der Waals surface area (Å²) in [6.07, 6.45) is 0.281. The highest BCUT2D eigenvalue weighted by atomic mass is 16.6. The standard InChI is InChI=1S/C17H24O4/c1-5-20-15(18)17(13(3)4,16(19)21-6-2)12-14-10-8-7-9-11-14/h7-11,13H,5-6,12H2,1-4H3. The molecule has 0 aromatic heterocycles. The predicted molar refractivity (Wildman–Crippen MR) is 80.7 cm³/mol. The average Bonchev–Trinajstić information content (AvgIpc) is 2.45. The number of esters is 2. The molecular weight excluding hydrogens is 268 g/mol. The molecule has 0 N–H and O–H groups in total. The van der Waals surface area contributed by atoms with Gasteiger partial charge in [0.2, 0.25) is 0 Å². The van der Waals surface area contributed by atoms with Crippen molar-refractivity contribution in [3.63, 3.8) is 0 Å². The molecule has 0 saturated carbocycles. The summed E-state index contributed by atoms with van der Waals surface area (Å²) in [5.41, 5.74) is -0.389. The zero-order chi connectivity index (χ0) is 15.9. The van der Waals surface area contributed by atoms with Crippen LogP contribution in [-0.4, -0.2) is 25.2 Å². The van der Waals surface area contributed by atoms with Crippen LogP contribution in [0.25, 0.3) is 0 Å². The molecule has 0 amide bonds. The Morgan fingerprint density at radius 3 is 1.86 bits per heavy atom. The van der Waals surface area contributed by atoms with Gasteiger partial charge in [0.05, 0.1) is 13.2 Å². The Balaban J connectivity index is 3.23. The molecule has 0 radical (unpaired) electrons. The van der Waals surface area contributed by atoms with Crippen molar-refractivity contribution in [3.05, 3.63) is 35.9 Å². The van der Waals surface area contributed by atoms with E-state index in [0.717, 1.165) is 5.56 Å². The molecule has 21 heavy (non-hydrogen) atoms. The fourth-order valence-electron chi connectivity index (χ4n) is 2.34. The zero-order valence-corrected chi connectivity index (χ0v) is 13.2. The summed E-state index contributed by atoms with van der Waals surface area (Å²) in [4.78, 5) is 25.0. The Labute approximate surface area is 126 Å². The second-order valence-electron chi connectivity index (χ2n) is 5.23. The summed E-state index contributed by atoms with van der Waals surface area (Å²) in [7, 11) is 0. The summed E-state index contributed by atoms with van der Waals surface area (Å²) in [5, 5.41) is 0. The van der Waals surface area contributed by atoms with E-state index in [1.807, 2.05) is 44.2 Å². The molecule has 0 heterocycles. The summed E-state index contributed by atoms with van der Waals surface area (Å²) >= 11 is 0. The van der Waals surface area contributed by atoms with Crippen LogP contribution in [0.2, 0.25) is 0 Å². The third kappa shape index (κ3) is 3.84. The lowest BCUT2D eigenvalue weighted by Gasteiger charge is -2.32. The van der Waals surface area contributed by atoms with Gasteiger partial charge in [-0.2, -0.15) is 0 Å². The van der Waals surface area contributed by atoms with E-state index >= 15 is 0 Å². The molecule has 0 fully saturated rings. The van der Waals surface area contributed by atoms with Gasteiger partial charge in [-0.3, -0.25) is 9.59 Å². The van der Waals surface area contributed by atoms with Crippen LogP contribution in [0.3, 0.4) is 0 Å². The first-order valence-corrected chi connectivity index (χ1v) is 7.37. The van der Waals surface area contributed by atoms with E-state index in [9.17, 15) is 9.59 Å². The highest BCUT2D eigenvalue weighted by Gasteiger charge is 2.51. The van der Waals surface area contributed by atoms with Gasteiger partial charge in [0.15, 0.2) is 5.41 Å². The van der Waals surface area contributed by atoms with Crippen molar-refractivity contribution < 1.29 is 19.1 Å². The monoisotopic (exact) mass is 292 g/mol. The number of ether oxygens (including phenoxy) is 2. The molecule has 4 heteroatoms. The number of hydrogen-bond acceptors (Lipinski definition) is 4. The van der Waals surface area contributed by atoms with Gasteiger partial charge < -0.3 is 9.47 Å². The van der Waals surface area contributed by atoms with Crippen LogP contribution in [-0.2, 0) is 25.5 Å². The molecule has 0 aliphatic heterocycles. The van der Waals surface area contributed by atoms with Gasteiger partial charge in [0.1, 0.15) is 0 Å². The van der Waals surface area contributed by atoms with Crippen LogP contribution >= 0.6 is 0 Å². The second-order valence-corrected chi connectivity index (χ2v) is 5.23. The SMILES string of the molecule is CCOC(=O)C(Cc1ccccc1)(C(=O)OCC)C(C)C. The maximum absolute atomic E-state index is 12.5. The number of rotatable bonds is 7. The Hall–Kier alpha value is -1.84. The number of carbonyl (C=O) groups is 2. The summed E-state index contributed by atoms with van der Waals surface area (Å²) in [6, 6.07) is 9.47. The Morgan fingerprint density at radius 1 is 1.00 bits per heavy atom. The van der Waals surface area contributed by atoms with E-state index in [0.29, 0.717) is 0 Å². The first-order valence-electron chi connectivity index (χ1n) is 7.37. The van der Waals surface area contributed by atoms with Crippen molar-refractivity contribution in [1.82, 2.24) is 0 Å².